The third-order valence-corrected chi connectivity index (χ3v) is 6.76. The number of hydrogen-bond acceptors (Lipinski definition) is 6. The number of amidine groups is 1. The maximum Gasteiger partial charge on any atom is 0.241 e. The van der Waals surface area contributed by atoms with Crippen LogP contribution in [0, 0.1) is 0 Å². The molecule has 2 aliphatic heterocycles. The van der Waals surface area contributed by atoms with E-state index in [1.54, 1.807) is 0 Å². The molecule has 5 unspecified atom stereocenters. The molecule has 0 saturated carbocycles. The highest BCUT2D eigenvalue weighted by Crippen LogP contribution is 2.41. The van der Waals surface area contributed by atoms with Crippen LogP contribution < -0.4 is 0 Å². The molecule has 0 bridgehead atoms. The number of hydrogen-bond donors (Lipinski definition) is 0. The maximum atomic E-state index is 13.5. The van der Waals surface area contributed by atoms with Crippen LogP contribution in [-0.2, 0) is 27.4 Å². The molecule has 0 aliphatic carbocycles. The van der Waals surface area contributed by atoms with Crippen molar-refractivity contribution in [2.75, 3.05) is 14.1 Å². The summed E-state index contributed by atoms with van der Waals surface area (Å²) in [5, 5.41) is 0.799. The first kappa shape index (κ1) is 23.2. The lowest BCUT2D eigenvalue weighted by Gasteiger charge is -2.42. The molecule has 172 valence electrons. The van der Waals surface area contributed by atoms with E-state index < -0.39 is 31.2 Å². The van der Waals surface area contributed by atoms with Gasteiger partial charge in [-0.25, -0.2) is 8.78 Å². The zero-order valence-electron chi connectivity index (χ0n) is 18.1. The second-order valence-corrected chi connectivity index (χ2v) is 9.17. The molecule has 8 heteroatoms. The van der Waals surface area contributed by atoms with E-state index in [0.717, 1.165) is 16.3 Å². The minimum absolute atomic E-state index is 0.286. The third-order valence-electron chi connectivity index (χ3n) is 5.46. The van der Waals surface area contributed by atoms with Crippen molar-refractivity contribution in [3.63, 3.8) is 0 Å². The molecule has 2 heterocycles. The van der Waals surface area contributed by atoms with Gasteiger partial charge >= 0.3 is 0 Å². The minimum atomic E-state index is -2.50. The van der Waals surface area contributed by atoms with Crippen molar-refractivity contribution >= 4 is 16.9 Å². The Bertz CT molecular complexity index is 885. The van der Waals surface area contributed by atoms with Gasteiger partial charge < -0.3 is 19.1 Å². The van der Waals surface area contributed by atoms with Crippen LogP contribution in [0.4, 0.5) is 8.78 Å². The Kier molecular flexibility index (Phi) is 7.78. The highest BCUT2D eigenvalue weighted by atomic mass is 32.2. The van der Waals surface area contributed by atoms with Gasteiger partial charge in [-0.3, -0.25) is 4.99 Å². The monoisotopic (exact) mass is 462 g/mol. The second kappa shape index (κ2) is 10.7. The normalized spacial score (nSPS) is 27.3. The summed E-state index contributed by atoms with van der Waals surface area (Å²) in [5.74, 6) is 0. The SMILES string of the molecule is CN(C)C1=NC2C(OC(CC(F)F)C(OCc3ccccc3)C2OCc2ccccc2)S1. The zero-order valence-corrected chi connectivity index (χ0v) is 19.0. The minimum Gasteiger partial charge on any atom is -0.368 e. The Morgan fingerprint density at radius 2 is 1.50 bits per heavy atom. The molecule has 1 fully saturated rings. The molecular formula is C24H28F2N2O3S. The van der Waals surface area contributed by atoms with Crippen LogP contribution in [0.25, 0.3) is 0 Å². The van der Waals surface area contributed by atoms with E-state index in [2.05, 4.69) is 0 Å². The molecule has 1 saturated heterocycles. The first-order valence-corrected chi connectivity index (χ1v) is 11.6. The summed E-state index contributed by atoms with van der Waals surface area (Å²) in [6.45, 7) is 0.632. The van der Waals surface area contributed by atoms with Crippen LogP contribution >= 0.6 is 11.8 Å². The van der Waals surface area contributed by atoms with Gasteiger partial charge in [-0.05, 0) is 11.1 Å². The molecule has 4 rings (SSSR count). The number of nitrogens with zero attached hydrogens (tertiary/aromatic N) is 2. The quantitative estimate of drug-likeness (QED) is 0.575. The Labute approximate surface area is 191 Å². The van der Waals surface area contributed by atoms with E-state index >= 15 is 0 Å². The Balaban J connectivity index is 1.59. The van der Waals surface area contributed by atoms with Gasteiger partial charge in [0.2, 0.25) is 6.43 Å². The fourth-order valence-corrected chi connectivity index (χ4v) is 5.05. The Morgan fingerprint density at radius 1 is 0.938 bits per heavy atom. The predicted octanol–water partition coefficient (Wildman–Crippen LogP) is 4.57. The number of fused-ring (bicyclic) bond motifs is 1. The fourth-order valence-electron chi connectivity index (χ4n) is 3.90. The standard InChI is InChI=1S/C24H28F2N2O3S/c1-28(2)24-27-20-22(30-15-17-11-7-4-8-12-17)21(29-14-16-9-5-3-6-10-16)18(13-19(25)26)31-23(20)32-24/h3-12,18-23H,13-15H2,1-2H3. The third kappa shape index (κ3) is 5.67. The van der Waals surface area contributed by atoms with Crippen LogP contribution in [0.2, 0.25) is 0 Å². The molecule has 0 amide bonds. The number of halogens is 2. The average molecular weight is 463 g/mol. The number of alkyl halides is 2. The van der Waals surface area contributed by atoms with Gasteiger partial charge in [0, 0.05) is 20.5 Å². The van der Waals surface area contributed by atoms with Crippen molar-refractivity contribution in [2.24, 2.45) is 4.99 Å². The smallest absolute Gasteiger partial charge is 0.241 e. The summed E-state index contributed by atoms with van der Waals surface area (Å²) in [6, 6.07) is 19.1. The molecule has 0 radical (unpaired) electrons. The van der Waals surface area contributed by atoms with Crippen LogP contribution in [0.1, 0.15) is 17.5 Å². The Hall–Kier alpha value is -2.00. The van der Waals surface area contributed by atoms with Gasteiger partial charge in [-0.2, -0.15) is 0 Å². The number of rotatable bonds is 8. The lowest BCUT2D eigenvalue weighted by molar-refractivity contribution is -0.205. The summed E-state index contributed by atoms with van der Waals surface area (Å²) < 4.78 is 45.6. The van der Waals surface area contributed by atoms with Gasteiger partial charge in [0.25, 0.3) is 0 Å². The van der Waals surface area contributed by atoms with Gasteiger partial charge in [0.1, 0.15) is 23.7 Å². The summed E-state index contributed by atoms with van der Waals surface area (Å²) in [6.07, 6.45) is -4.88. The van der Waals surface area contributed by atoms with Crippen molar-refractivity contribution in [3.05, 3.63) is 71.8 Å². The summed E-state index contributed by atoms with van der Waals surface area (Å²) in [4.78, 5) is 6.72. The number of aliphatic imine (C=N–C) groups is 1. The first-order chi connectivity index (χ1) is 15.5. The van der Waals surface area contributed by atoms with E-state index in [1.165, 1.54) is 11.8 Å². The van der Waals surface area contributed by atoms with E-state index in [0.29, 0.717) is 6.61 Å². The van der Waals surface area contributed by atoms with Crippen LogP contribution in [0.5, 0.6) is 0 Å². The van der Waals surface area contributed by atoms with Gasteiger partial charge in [0.15, 0.2) is 5.17 Å². The molecule has 32 heavy (non-hydrogen) atoms. The molecule has 5 atom stereocenters. The van der Waals surface area contributed by atoms with Crippen molar-refractivity contribution < 1.29 is 23.0 Å². The van der Waals surface area contributed by atoms with E-state index in [-0.39, 0.29) is 18.1 Å². The summed E-state index contributed by atoms with van der Waals surface area (Å²) in [7, 11) is 3.81. The maximum absolute atomic E-state index is 13.5. The number of benzene rings is 2. The van der Waals surface area contributed by atoms with Gasteiger partial charge in [-0.1, -0.05) is 72.4 Å². The molecule has 2 aliphatic rings. The highest BCUT2D eigenvalue weighted by Gasteiger charge is 2.51. The largest absolute Gasteiger partial charge is 0.368 e. The van der Waals surface area contributed by atoms with Crippen LogP contribution in [-0.4, -0.2) is 60.4 Å². The number of thioether (sulfide) groups is 1. The topological polar surface area (TPSA) is 43.3 Å². The van der Waals surface area contributed by atoms with E-state index in [9.17, 15) is 8.78 Å². The molecule has 0 spiro atoms. The summed E-state index contributed by atoms with van der Waals surface area (Å²) in [5.41, 5.74) is 1.59. The molecule has 2 aromatic rings. The Morgan fingerprint density at radius 3 is 2.03 bits per heavy atom. The fraction of sp³-hybridized carbons (Fsp3) is 0.458. The lowest BCUT2D eigenvalue weighted by Crippen LogP contribution is -2.57. The van der Waals surface area contributed by atoms with Crippen LogP contribution in [0.3, 0.4) is 0 Å². The van der Waals surface area contributed by atoms with Crippen molar-refractivity contribution in [3.8, 4) is 0 Å². The molecular weight excluding hydrogens is 434 g/mol. The highest BCUT2D eigenvalue weighted by molar-refractivity contribution is 8.14. The van der Waals surface area contributed by atoms with Crippen LogP contribution in [0.15, 0.2) is 65.7 Å². The van der Waals surface area contributed by atoms with Crippen molar-refractivity contribution in [1.29, 1.82) is 0 Å². The van der Waals surface area contributed by atoms with E-state index in [1.807, 2.05) is 79.7 Å². The zero-order chi connectivity index (χ0) is 22.5. The predicted molar refractivity (Wildman–Crippen MR) is 122 cm³/mol. The molecule has 5 nitrogen and oxygen atoms in total. The molecule has 0 aromatic heterocycles. The first-order valence-electron chi connectivity index (χ1n) is 10.7. The average Bonchev–Trinajstić information content (AvgIpc) is 3.22. The summed E-state index contributed by atoms with van der Waals surface area (Å²) >= 11 is 1.45. The molecule has 0 N–H and O–H groups in total. The van der Waals surface area contributed by atoms with E-state index in [4.69, 9.17) is 19.2 Å². The van der Waals surface area contributed by atoms with Crippen molar-refractivity contribution in [1.82, 2.24) is 4.90 Å². The van der Waals surface area contributed by atoms with Gasteiger partial charge in [-0.15, -0.1) is 0 Å². The lowest BCUT2D eigenvalue weighted by atomic mass is 9.95. The van der Waals surface area contributed by atoms with Crippen molar-refractivity contribution in [2.45, 2.75) is 55.8 Å². The second-order valence-electron chi connectivity index (χ2n) is 8.11. The number of ether oxygens (including phenoxy) is 3. The molecule has 2 aromatic carbocycles. The van der Waals surface area contributed by atoms with Gasteiger partial charge in [0.05, 0.1) is 19.3 Å².